The first kappa shape index (κ1) is 23.8. The number of thiophene rings is 1. The molecule has 0 radical (unpaired) electrons. The summed E-state index contributed by atoms with van der Waals surface area (Å²) in [7, 11) is 0. The van der Waals surface area contributed by atoms with E-state index in [4.69, 9.17) is 16.0 Å². The fraction of sp³-hybridized carbons (Fsp3) is 0.217. The van der Waals surface area contributed by atoms with Crippen molar-refractivity contribution < 1.29 is 31.5 Å². The van der Waals surface area contributed by atoms with Gasteiger partial charge in [-0.25, -0.2) is 13.8 Å². The van der Waals surface area contributed by atoms with Gasteiger partial charge in [-0.3, -0.25) is 9.36 Å². The molecule has 0 aliphatic heterocycles. The first-order valence-electron chi connectivity index (χ1n) is 10.8. The average Bonchev–Trinajstić information content (AvgIpc) is 3.44. The number of halogens is 6. The Labute approximate surface area is 211 Å². The highest BCUT2D eigenvalue weighted by Crippen LogP contribution is 2.46. The Balaban J connectivity index is 1.65. The molecule has 3 aromatic heterocycles. The molecule has 3 heterocycles. The Bertz CT molecular complexity index is 1790. The van der Waals surface area contributed by atoms with Crippen LogP contribution in [0.25, 0.3) is 31.7 Å². The number of fused-ring (bicyclic) bond motifs is 3. The fourth-order valence-corrected chi connectivity index (χ4v) is 5.52. The van der Waals surface area contributed by atoms with Crippen LogP contribution in [0.5, 0.6) is 5.75 Å². The molecule has 1 aliphatic rings. The van der Waals surface area contributed by atoms with E-state index in [1.54, 1.807) is 0 Å². The van der Waals surface area contributed by atoms with Crippen molar-refractivity contribution >= 4 is 43.2 Å². The van der Waals surface area contributed by atoms with Crippen molar-refractivity contribution in [1.29, 1.82) is 0 Å². The molecule has 0 saturated heterocycles. The lowest BCUT2D eigenvalue weighted by molar-refractivity contribution is -0.157. The fourth-order valence-electron chi connectivity index (χ4n) is 4.19. The zero-order valence-electron chi connectivity index (χ0n) is 18.2. The topological polar surface area (TPSA) is 94.0 Å². The van der Waals surface area contributed by atoms with Gasteiger partial charge in [0.2, 0.25) is 5.89 Å². The Morgan fingerprint density at radius 1 is 1.16 bits per heavy atom. The molecule has 1 N–H and O–H groups in total. The number of phenols is 1. The summed E-state index contributed by atoms with van der Waals surface area (Å²) in [5.74, 6) is -4.89. The number of nitrogens with zero attached hydrogens (tertiary/aromatic N) is 4. The molecule has 0 spiro atoms. The Kier molecular flexibility index (Phi) is 5.28. The summed E-state index contributed by atoms with van der Waals surface area (Å²) in [5, 5.41) is 17.2. The van der Waals surface area contributed by atoms with Crippen LogP contribution in [0.2, 0.25) is 5.02 Å². The Morgan fingerprint density at radius 2 is 1.89 bits per heavy atom. The molecule has 6 rings (SSSR count). The number of hydrogen-bond acceptors (Lipinski definition) is 7. The van der Waals surface area contributed by atoms with Crippen molar-refractivity contribution in [1.82, 2.24) is 19.7 Å². The zero-order chi connectivity index (χ0) is 26.2. The lowest BCUT2D eigenvalue weighted by Gasteiger charge is -2.15. The molecule has 1 saturated carbocycles. The molecule has 0 atom stereocenters. The van der Waals surface area contributed by atoms with Crippen molar-refractivity contribution in [2.24, 2.45) is 0 Å². The van der Waals surface area contributed by atoms with Crippen LogP contribution in [0.3, 0.4) is 0 Å². The van der Waals surface area contributed by atoms with E-state index >= 15 is 0 Å². The second-order valence-electron chi connectivity index (χ2n) is 8.51. The monoisotopic (exact) mass is 554 g/mol. The van der Waals surface area contributed by atoms with Gasteiger partial charge in [-0.1, -0.05) is 17.7 Å². The molecule has 0 unspecified atom stereocenters. The lowest BCUT2D eigenvalue weighted by Crippen LogP contribution is -2.24. The third kappa shape index (κ3) is 3.93. The van der Waals surface area contributed by atoms with Gasteiger partial charge in [0.15, 0.2) is 17.4 Å². The molecule has 0 bridgehead atoms. The highest BCUT2D eigenvalue weighted by Gasteiger charge is 2.38. The maximum atomic E-state index is 14.4. The molecule has 7 nitrogen and oxygen atoms in total. The molecule has 2 aromatic carbocycles. The predicted molar refractivity (Wildman–Crippen MR) is 124 cm³/mol. The minimum Gasteiger partial charge on any atom is -0.505 e. The summed E-state index contributed by atoms with van der Waals surface area (Å²) < 4.78 is 73.6. The molecular formula is C23H12ClF5N4O3S. The van der Waals surface area contributed by atoms with Gasteiger partial charge in [0.05, 0.1) is 15.1 Å². The van der Waals surface area contributed by atoms with Gasteiger partial charge < -0.3 is 9.52 Å². The van der Waals surface area contributed by atoms with E-state index in [0.29, 0.717) is 23.8 Å². The highest BCUT2D eigenvalue weighted by atomic mass is 35.5. The summed E-state index contributed by atoms with van der Waals surface area (Å²) in [6.07, 6.45) is -3.49. The smallest absolute Gasteiger partial charge is 0.470 e. The molecular weight excluding hydrogens is 543 g/mol. The number of aromatic nitrogens is 4. The number of aromatic hydroxyl groups is 1. The first-order chi connectivity index (χ1) is 17.5. The van der Waals surface area contributed by atoms with Crippen LogP contribution in [-0.4, -0.2) is 24.9 Å². The van der Waals surface area contributed by atoms with Crippen molar-refractivity contribution in [2.75, 3.05) is 0 Å². The molecule has 5 aromatic rings. The van der Waals surface area contributed by atoms with E-state index in [1.807, 2.05) is 0 Å². The number of alkyl halides is 3. The third-order valence-corrected chi connectivity index (χ3v) is 7.45. The number of hydrogen-bond donors (Lipinski definition) is 1. The van der Waals surface area contributed by atoms with Crippen LogP contribution in [-0.2, 0) is 12.7 Å². The standard InChI is InChI=1S/C23H12ClF5N4O3S/c24-12-4-3-9-16-20(37-18(9)17(12)34)30-19(11-6-14(26)13(25)5-10(11)8-1-2-8)33(21(16)35)7-15-31-32-22(36-15)23(27,28)29/h3-6,8,34H,1-2,7H2. The van der Waals surface area contributed by atoms with Crippen molar-refractivity contribution in [3.05, 3.63) is 68.6 Å². The van der Waals surface area contributed by atoms with Gasteiger partial charge in [0.25, 0.3) is 5.56 Å². The number of benzene rings is 2. The predicted octanol–water partition coefficient (Wildman–Crippen LogP) is 6.24. The Hall–Kier alpha value is -3.58. The van der Waals surface area contributed by atoms with Gasteiger partial charge in [-0.15, -0.1) is 21.5 Å². The van der Waals surface area contributed by atoms with Crippen molar-refractivity contribution in [2.45, 2.75) is 31.5 Å². The number of rotatable bonds is 4. The summed E-state index contributed by atoms with van der Waals surface area (Å²) in [5.41, 5.74) is -0.200. The van der Waals surface area contributed by atoms with Crippen LogP contribution in [0.4, 0.5) is 22.0 Å². The second-order valence-corrected chi connectivity index (χ2v) is 9.91. The Morgan fingerprint density at radius 3 is 2.57 bits per heavy atom. The second kappa shape index (κ2) is 8.21. The van der Waals surface area contributed by atoms with Crippen LogP contribution in [0.1, 0.15) is 36.1 Å². The van der Waals surface area contributed by atoms with Crippen LogP contribution >= 0.6 is 22.9 Å². The summed E-state index contributed by atoms with van der Waals surface area (Å²) in [6.45, 7) is -0.625. The van der Waals surface area contributed by atoms with Crippen LogP contribution in [0, 0.1) is 11.6 Å². The third-order valence-electron chi connectivity index (χ3n) is 6.04. The largest absolute Gasteiger partial charge is 0.505 e. The molecule has 1 fully saturated rings. The van der Waals surface area contributed by atoms with Gasteiger partial charge in [0, 0.05) is 10.9 Å². The first-order valence-corrected chi connectivity index (χ1v) is 12.0. The molecule has 1 aliphatic carbocycles. The van der Waals surface area contributed by atoms with E-state index < -0.39 is 41.7 Å². The SMILES string of the molecule is O=c1c2c(nc(-c3cc(F)c(F)cc3C3CC3)n1Cc1nnc(C(F)(F)F)o1)sc1c(O)c(Cl)ccc12. The van der Waals surface area contributed by atoms with Gasteiger partial charge >= 0.3 is 12.1 Å². The van der Waals surface area contributed by atoms with E-state index in [2.05, 4.69) is 15.2 Å². The van der Waals surface area contributed by atoms with E-state index in [1.165, 1.54) is 12.1 Å². The average molecular weight is 555 g/mol. The lowest BCUT2D eigenvalue weighted by atomic mass is 10.0. The summed E-state index contributed by atoms with van der Waals surface area (Å²) >= 11 is 6.97. The molecule has 190 valence electrons. The molecule has 37 heavy (non-hydrogen) atoms. The van der Waals surface area contributed by atoms with E-state index in [0.717, 1.165) is 28.0 Å². The minimum atomic E-state index is -4.90. The number of phenolic OH excluding ortho intramolecular Hbond substituents is 1. The zero-order valence-corrected chi connectivity index (χ0v) is 19.8. The maximum absolute atomic E-state index is 14.4. The van der Waals surface area contributed by atoms with Crippen LogP contribution in [0.15, 0.2) is 33.5 Å². The molecule has 0 amide bonds. The normalized spacial score (nSPS) is 14.2. The quantitative estimate of drug-likeness (QED) is 0.264. The summed E-state index contributed by atoms with van der Waals surface area (Å²) in [6, 6.07) is 4.83. The highest BCUT2D eigenvalue weighted by molar-refractivity contribution is 7.25. The minimum absolute atomic E-state index is 0.0433. The van der Waals surface area contributed by atoms with Crippen LogP contribution < -0.4 is 5.56 Å². The van der Waals surface area contributed by atoms with E-state index in [-0.39, 0.29) is 43.0 Å². The molecule has 14 heteroatoms. The van der Waals surface area contributed by atoms with Gasteiger partial charge in [0.1, 0.15) is 17.2 Å². The van der Waals surface area contributed by atoms with E-state index in [9.17, 15) is 31.9 Å². The van der Waals surface area contributed by atoms with Crippen molar-refractivity contribution in [3.63, 3.8) is 0 Å². The van der Waals surface area contributed by atoms with Gasteiger partial charge in [-0.05, 0) is 42.5 Å². The van der Waals surface area contributed by atoms with Crippen molar-refractivity contribution in [3.8, 4) is 17.1 Å². The van der Waals surface area contributed by atoms with Gasteiger partial charge in [-0.2, -0.15) is 13.2 Å². The summed E-state index contributed by atoms with van der Waals surface area (Å²) in [4.78, 5) is 18.5. The maximum Gasteiger partial charge on any atom is 0.470 e.